The monoisotopic (exact) mass is 489 g/mol. The van der Waals surface area contributed by atoms with Gasteiger partial charge in [0.25, 0.3) is 0 Å². The van der Waals surface area contributed by atoms with E-state index in [9.17, 15) is 31.2 Å². The molecule has 1 aromatic heterocycles. The number of aromatic nitrogens is 1. The van der Waals surface area contributed by atoms with Crippen molar-refractivity contribution in [1.82, 2.24) is 8.87 Å². The van der Waals surface area contributed by atoms with E-state index in [0.717, 1.165) is 16.4 Å². The van der Waals surface area contributed by atoms with Crippen molar-refractivity contribution in [1.29, 1.82) is 0 Å². The number of hydrogen-bond acceptors (Lipinski definition) is 6. The number of sulfonamides is 1. The molecule has 1 fully saturated rings. The zero-order valence-corrected chi connectivity index (χ0v) is 18.6. The predicted octanol–water partition coefficient (Wildman–Crippen LogP) is 2.89. The molecule has 1 N–H and O–H groups in total. The highest BCUT2D eigenvalue weighted by molar-refractivity contribution is 7.89. The van der Waals surface area contributed by atoms with Crippen molar-refractivity contribution in [3.8, 4) is 5.75 Å². The summed E-state index contributed by atoms with van der Waals surface area (Å²) >= 11 is 0. The number of carbonyl (C=O) groups excluding carboxylic acids is 2. The van der Waals surface area contributed by atoms with Crippen LogP contribution in [0.1, 0.15) is 30.3 Å². The fraction of sp³-hybridized carbons (Fsp3) is 0.400. The van der Waals surface area contributed by atoms with Gasteiger partial charge in [0.1, 0.15) is 22.4 Å². The van der Waals surface area contributed by atoms with Crippen LogP contribution in [0, 0.1) is 0 Å². The van der Waals surface area contributed by atoms with E-state index in [0.29, 0.717) is 6.42 Å². The molecule has 0 aliphatic carbocycles. The summed E-state index contributed by atoms with van der Waals surface area (Å²) in [4.78, 5) is 24.6. The number of rotatable bonds is 7. The Kier molecular flexibility index (Phi) is 7.03. The van der Waals surface area contributed by atoms with Crippen molar-refractivity contribution in [3.05, 3.63) is 42.2 Å². The van der Waals surface area contributed by atoms with E-state index < -0.39 is 40.1 Å². The molecule has 0 spiro atoms. The summed E-state index contributed by atoms with van der Waals surface area (Å²) in [7, 11) is -2.60. The third-order valence-corrected chi connectivity index (χ3v) is 6.81. The van der Waals surface area contributed by atoms with E-state index in [1.807, 2.05) is 0 Å². The lowest BCUT2D eigenvalue weighted by Gasteiger charge is -2.23. The van der Waals surface area contributed by atoms with Crippen LogP contribution in [-0.2, 0) is 26.6 Å². The second-order valence-corrected chi connectivity index (χ2v) is 9.12. The van der Waals surface area contributed by atoms with E-state index in [1.165, 1.54) is 36.0 Å². The Morgan fingerprint density at radius 2 is 1.88 bits per heavy atom. The molecule has 1 atom stereocenters. The quantitative estimate of drug-likeness (QED) is 0.600. The molecule has 1 aliphatic rings. The van der Waals surface area contributed by atoms with E-state index in [-0.39, 0.29) is 35.8 Å². The van der Waals surface area contributed by atoms with Crippen LogP contribution in [0.2, 0.25) is 0 Å². The van der Waals surface area contributed by atoms with Gasteiger partial charge >= 0.3 is 12.3 Å². The lowest BCUT2D eigenvalue weighted by atomic mass is 10.2. The maximum atomic E-state index is 13.2. The smallest absolute Gasteiger partial charge is 0.461 e. The molecule has 9 nitrogen and oxygen atoms in total. The molecule has 0 bridgehead atoms. The molecule has 1 aromatic carbocycles. The van der Waals surface area contributed by atoms with Crippen LogP contribution in [-0.4, -0.2) is 54.7 Å². The van der Waals surface area contributed by atoms with Gasteiger partial charge in [-0.3, -0.25) is 4.79 Å². The minimum atomic E-state index is -4.84. The molecule has 33 heavy (non-hydrogen) atoms. The molecule has 1 aliphatic heterocycles. The van der Waals surface area contributed by atoms with Crippen LogP contribution >= 0.6 is 0 Å². The molecule has 0 radical (unpaired) electrons. The first-order valence-corrected chi connectivity index (χ1v) is 11.4. The zero-order chi connectivity index (χ0) is 24.4. The van der Waals surface area contributed by atoms with Gasteiger partial charge in [-0.2, -0.15) is 4.31 Å². The number of alkyl halides is 3. The molecule has 1 saturated heterocycles. The highest BCUT2D eigenvalue weighted by Gasteiger charge is 2.40. The second kappa shape index (κ2) is 9.43. The number of aryl methyl sites for hydroxylation is 1. The van der Waals surface area contributed by atoms with Crippen molar-refractivity contribution in [2.45, 2.75) is 37.1 Å². The summed E-state index contributed by atoms with van der Waals surface area (Å²) in [6.45, 7) is 1.86. The second-order valence-electron chi connectivity index (χ2n) is 7.23. The van der Waals surface area contributed by atoms with E-state index in [4.69, 9.17) is 4.74 Å². The van der Waals surface area contributed by atoms with Gasteiger partial charge in [0.15, 0.2) is 0 Å². The molecule has 2 aromatic rings. The molecular weight excluding hydrogens is 467 g/mol. The summed E-state index contributed by atoms with van der Waals surface area (Å²) in [5, 5.41) is 2.52. The number of hydrogen-bond donors (Lipinski definition) is 1. The van der Waals surface area contributed by atoms with Gasteiger partial charge < -0.3 is 19.4 Å². The highest BCUT2D eigenvalue weighted by atomic mass is 32.2. The van der Waals surface area contributed by atoms with Crippen molar-refractivity contribution in [3.63, 3.8) is 0 Å². The number of benzene rings is 1. The summed E-state index contributed by atoms with van der Waals surface area (Å²) < 4.78 is 74.3. The Hall–Kier alpha value is -3.06. The Bertz CT molecular complexity index is 1130. The topological polar surface area (TPSA) is 107 Å². The zero-order valence-electron chi connectivity index (χ0n) is 17.8. The SMILES string of the molecule is CCOC(=O)c1cc(S(=O)(=O)N2CCCC2C(=O)Nc2ccc(OC(F)(F)F)cc2)cn1C. The number of esters is 1. The van der Waals surface area contributed by atoms with Gasteiger partial charge in [-0.05, 0) is 50.1 Å². The largest absolute Gasteiger partial charge is 0.573 e. The van der Waals surface area contributed by atoms with Crippen LogP contribution in [0.5, 0.6) is 5.75 Å². The summed E-state index contributed by atoms with van der Waals surface area (Å²) in [6, 6.07) is 4.68. The maximum absolute atomic E-state index is 13.2. The van der Waals surface area contributed by atoms with Gasteiger partial charge in [-0.15, -0.1) is 13.2 Å². The van der Waals surface area contributed by atoms with Gasteiger partial charge in [-0.1, -0.05) is 0 Å². The molecule has 180 valence electrons. The first-order chi connectivity index (χ1) is 15.4. The number of amides is 1. The molecule has 3 rings (SSSR count). The van der Waals surface area contributed by atoms with Crippen LogP contribution in [0.15, 0.2) is 41.4 Å². The average Bonchev–Trinajstić information content (AvgIpc) is 3.36. The minimum absolute atomic E-state index is 0.0526. The lowest BCUT2D eigenvalue weighted by Crippen LogP contribution is -2.43. The first-order valence-electron chi connectivity index (χ1n) is 9.94. The van der Waals surface area contributed by atoms with Gasteiger partial charge in [0.05, 0.1) is 6.61 Å². The number of nitrogens with zero attached hydrogens (tertiary/aromatic N) is 2. The standard InChI is InChI=1S/C20H22F3N3O6S/c1-3-31-19(28)17-11-15(12-25(17)2)33(29,30)26-10-4-5-16(26)18(27)24-13-6-8-14(9-7-13)32-20(21,22)23/h6-9,11-12,16H,3-5,10H2,1-2H3,(H,24,27). The normalized spacial score (nSPS) is 17.1. The number of ether oxygens (including phenoxy) is 2. The van der Waals surface area contributed by atoms with Gasteiger partial charge in [0.2, 0.25) is 15.9 Å². The van der Waals surface area contributed by atoms with Crippen LogP contribution in [0.4, 0.5) is 18.9 Å². The molecular formula is C20H22F3N3O6S. The summed E-state index contributed by atoms with van der Waals surface area (Å²) in [5.74, 6) is -1.75. The Balaban J connectivity index is 1.75. The van der Waals surface area contributed by atoms with Gasteiger partial charge in [0, 0.05) is 25.5 Å². The number of carbonyl (C=O) groups is 2. The predicted molar refractivity (Wildman–Crippen MR) is 110 cm³/mol. The maximum Gasteiger partial charge on any atom is 0.573 e. The van der Waals surface area contributed by atoms with Crippen molar-refractivity contribution in [2.24, 2.45) is 7.05 Å². The van der Waals surface area contributed by atoms with Crippen molar-refractivity contribution in [2.75, 3.05) is 18.5 Å². The lowest BCUT2D eigenvalue weighted by molar-refractivity contribution is -0.274. The molecule has 2 heterocycles. The summed E-state index contributed by atoms with van der Waals surface area (Å²) in [5.41, 5.74) is 0.236. The minimum Gasteiger partial charge on any atom is -0.461 e. The number of nitrogens with one attached hydrogen (secondary N) is 1. The highest BCUT2D eigenvalue weighted by Crippen LogP contribution is 2.29. The average molecular weight is 489 g/mol. The van der Waals surface area contributed by atoms with Crippen molar-refractivity contribution >= 4 is 27.6 Å². The fourth-order valence-electron chi connectivity index (χ4n) is 3.47. The molecule has 0 saturated carbocycles. The molecule has 1 unspecified atom stereocenters. The van der Waals surface area contributed by atoms with Crippen LogP contribution < -0.4 is 10.1 Å². The third kappa shape index (κ3) is 5.66. The Morgan fingerprint density at radius 1 is 1.21 bits per heavy atom. The van der Waals surface area contributed by atoms with E-state index in [2.05, 4.69) is 10.1 Å². The van der Waals surface area contributed by atoms with E-state index >= 15 is 0 Å². The molecule has 13 heteroatoms. The molecule has 1 amide bonds. The Labute approximate surface area is 188 Å². The van der Waals surface area contributed by atoms with Crippen molar-refractivity contribution < 1.29 is 40.7 Å². The third-order valence-electron chi connectivity index (χ3n) is 4.93. The number of anilines is 1. The fourth-order valence-corrected chi connectivity index (χ4v) is 5.20. The van der Waals surface area contributed by atoms with Crippen LogP contribution in [0.25, 0.3) is 0 Å². The van der Waals surface area contributed by atoms with Gasteiger partial charge in [-0.25, -0.2) is 13.2 Å². The number of halogens is 3. The summed E-state index contributed by atoms with van der Waals surface area (Å²) in [6.07, 6.45) is -2.87. The first kappa shape index (κ1) is 24.6. The Morgan fingerprint density at radius 3 is 2.48 bits per heavy atom. The van der Waals surface area contributed by atoms with Crippen LogP contribution in [0.3, 0.4) is 0 Å². The van der Waals surface area contributed by atoms with E-state index in [1.54, 1.807) is 6.92 Å².